The van der Waals surface area contributed by atoms with E-state index >= 15 is 0 Å². The van der Waals surface area contributed by atoms with E-state index in [1.165, 1.54) is 24.7 Å². The van der Waals surface area contributed by atoms with Crippen molar-refractivity contribution in [2.24, 2.45) is 0 Å². The van der Waals surface area contributed by atoms with Gasteiger partial charge in [0.15, 0.2) is 0 Å². The highest BCUT2D eigenvalue weighted by atomic mass is 16.6. The first-order valence-electron chi connectivity index (χ1n) is 4.08. The molecule has 0 rings (SSSR count). The molecule has 0 bridgehead atoms. The molecule has 6 nitrogen and oxygen atoms in total. The first-order chi connectivity index (χ1) is 6.52. The molecule has 0 aromatic rings. The van der Waals surface area contributed by atoms with Gasteiger partial charge in [-0.1, -0.05) is 0 Å². The van der Waals surface area contributed by atoms with Gasteiger partial charge in [0.2, 0.25) is 5.82 Å². The van der Waals surface area contributed by atoms with Crippen LogP contribution in [0.15, 0.2) is 23.7 Å². The zero-order valence-corrected chi connectivity index (χ0v) is 8.85. The number of nitrogens with zero attached hydrogens (tertiary/aromatic N) is 2. The maximum Gasteiger partial charge on any atom is 0.272 e. The van der Waals surface area contributed by atoms with Crippen molar-refractivity contribution in [1.82, 2.24) is 4.90 Å². The molecule has 0 aliphatic carbocycles. The topological polar surface area (TPSA) is 72.2 Å². The molecule has 0 unspecified atom stereocenters. The lowest BCUT2D eigenvalue weighted by molar-refractivity contribution is -0.862. The largest absolute Gasteiger partial charge is 0.331 e. The summed E-state index contributed by atoms with van der Waals surface area (Å²) in [5, 5.41) is 10.5. The van der Waals surface area contributed by atoms with Gasteiger partial charge in [0.25, 0.3) is 5.70 Å². The molecule has 6 heteroatoms. The molecule has 0 aromatic heterocycles. The minimum Gasteiger partial charge on any atom is -0.331 e. The normalized spacial score (nSPS) is 12.9. The van der Waals surface area contributed by atoms with E-state index < -0.39 is 4.92 Å². The van der Waals surface area contributed by atoms with E-state index in [1.807, 2.05) is 0 Å². The lowest BCUT2D eigenvalue weighted by Gasteiger charge is -2.10. The van der Waals surface area contributed by atoms with Gasteiger partial charge in [-0.25, -0.2) is 4.84 Å². The molecule has 14 heavy (non-hydrogen) atoms. The second-order valence-electron chi connectivity index (χ2n) is 2.79. The molecule has 0 heterocycles. The lowest BCUT2D eigenvalue weighted by Crippen LogP contribution is -2.82. The fourth-order valence-electron chi connectivity index (χ4n) is 0.782. The number of rotatable bonds is 5. The van der Waals surface area contributed by atoms with Crippen LogP contribution in [0.25, 0.3) is 0 Å². The highest BCUT2D eigenvalue weighted by molar-refractivity contribution is 5.11. The maximum absolute atomic E-state index is 10.5. The van der Waals surface area contributed by atoms with Gasteiger partial charge in [-0.15, -0.1) is 0 Å². The summed E-state index contributed by atoms with van der Waals surface area (Å²) in [7, 11) is 5.07. The van der Waals surface area contributed by atoms with Gasteiger partial charge < -0.3 is 4.90 Å². The number of quaternary nitrogens is 1. The Morgan fingerprint density at radius 3 is 2.43 bits per heavy atom. The molecular formula is C8H16N3O3+. The molecule has 0 saturated heterocycles. The van der Waals surface area contributed by atoms with E-state index in [0.717, 1.165) is 0 Å². The molecule has 0 amide bonds. The smallest absolute Gasteiger partial charge is 0.272 e. The fraction of sp³-hybridized carbons (Fsp3) is 0.500. The average Bonchev–Trinajstić information content (AvgIpc) is 2.11. The van der Waals surface area contributed by atoms with Crippen LogP contribution in [0.2, 0.25) is 0 Å². The lowest BCUT2D eigenvalue weighted by atomic mass is 10.4. The number of hydrogen-bond acceptors (Lipinski definition) is 4. The molecule has 2 N–H and O–H groups in total. The third-order valence-corrected chi connectivity index (χ3v) is 1.56. The summed E-state index contributed by atoms with van der Waals surface area (Å²) in [4.78, 5) is 16.6. The molecule has 80 valence electrons. The van der Waals surface area contributed by atoms with Crippen LogP contribution in [0.1, 0.15) is 6.92 Å². The predicted octanol–water partition coefficient (Wildman–Crippen LogP) is -0.305. The van der Waals surface area contributed by atoms with E-state index in [9.17, 15) is 10.1 Å². The standard InChI is InChI=1S/C8H15N3O3/c1-5-7(11(12)13)6-8(9-14-4)10(2)3/h5-6,9H,1-4H3/p+1/b7-5+,8-6+. The monoisotopic (exact) mass is 202 g/mol. The Morgan fingerprint density at radius 2 is 2.14 bits per heavy atom. The molecule has 0 spiro atoms. The van der Waals surface area contributed by atoms with Crippen molar-refractivity contribution in [3.05, 3.63) is 33.8 Å². The molecule has 0 fully saturated rings. The van der Waals surface area contributed by atoms with Gasteiger partial charge >= 0.3 is 0 Å². The van der Waals surface area contributed by atoms with E-state index in [2.05, 4.69) is 0 Å². The van der Waals surface area contributed by atoms with Crippen LogP contribution in [0.3, 0.4) is 0 Å². The number of nitrogens with two attached hydrogens (primary N) is 1. The Bertz CT molecular complexity index is 259. The van der Waals surface area contributed by atoms with Crippen molar-refractivity contribution in [1.29, 1.82) is 0 Å². The van der Waals surface area contributed by atoms with Crippen LogP contribution in [0.5, 0.6) is 0 Å². The van der Waals surface area contributed by atoms with E-state index in [-0.39, 0.29) is 5.70 Å². The van der Waals surface area contributed by atoms with Crippen molar-refractivity contribution < 1.29 is 15.2 Å². The molecule has 0 radical (unpaired) electrons. The summed E-state index contributed by atoms with van der Waals surface area (Å²) in [5.74, 6) is 0.636. The predicted molar refractivity (Wildman–Crippen MR) is 51.5 cm³/mol. The van der Waals surface area contributed by atoms with E-state index in [0.29, 0.717) is 5.82 Å². The van der Waals surface area contributed by atoms with Gasteiger partial charge in [0.1, 0.15) is 0 Å². The Morgan fingerprint density at radius 1 is 1.57 bits per heavy atom. The maximum atomic E-state index is 10.5. The van der Waals surface area contributed by atoms with Gasteiger partial charge in [-0.05, 0) is 13.0 Å². The van der Waals surface area contributed by atoms with Gasteiger partial charge in [-0.3, -0.25) is 10.1 Å². The van der Waals surface area contributed by atoms with Crippen LogP contribution in [-0.2, 0) is 4.84 Å². The molecule has 0 atom stereocenters. The fourth-order valence-corrected chi connectivity index (χ4v) is 0.782. The number of hydroxylamine groups is 1. The molecule has 0 saturated carbocycles. The van der Waals surface area contributed by atoms with Crippen molar-refractivity contribution in [3.8, 4) is 0 Å². The van der Waals surface area contributed by atoms with E-state index in [1.54, 1.807) is 25.9 Å². The number of allylic oxidation sites excluding steroid dienone is 2. The highest BCUT2D eigenvalue weighted by Crippen LogP contribution is 2.00. The quantitative estimate of drug-likeness (QED) is 0.377. The van der Waals surface area contributed by atoms with Crippen molar-refractivity contribution in [3.63, 3.8) is 0 Å². The van der Waals surface area contributed by atoms with Gasteiger partial charge in [0.05, 0.1) is 18.1 Å². The van der Waals surface area contributed by atoms with Crippen LogP contribution in [-0.4, -0.2) is 31.0 Å². The molecule has 0 aliphatic heterocycles. The molecular weight excluding hydrogens is 186 g/mol. The number of hydrogen-bond donors (Lipinski definition) is 1. The van der Waals surface area contributed by atoms with E-state index in [4.69, 9.17) is 4.84 Å². The first-order valence-corrected chi connectivity index (χ1v) is 4.08. The molecule has 0 aromatic carbocycles. The Hall–Kier alpha value is -1.40. The minimum absolute atomic E-state index is 0.0435. The van der Waals surface area contributed by atoms with Crippen LogP contribution in [0.4, 0.5) is 0 Å². The second kappa shape index (κ2) is 6.11. The summed E-state index contributed by atoms with van der Waals surface area (Å²) < 4.78 is 0. The third-order valence-electron chi connectivity index (χ3n) is 1.56. The summed E-state index contributed by atoms with van der Waals surface area (Å²) in [6.07, 6.45) is 2.89. The van der Waals surface area contributed by atoms with Gasteiger partial charge in [0, 0.05) is 14.1 Å². The summed E-state index contributed by atoms with van der Waals surface area (Å²) in [5.41, 5.74) is 1.49. The summed E-state index contributed by atoms with van der Waals surface area (Å²) >= 11 is 0. The first kappa shape index (κ1) is 12.6. The molecule has 0 aliphatic rings. The second-order valence-corrected chi connectivity index (χ2v) is 2.79. The Kier molecular flexibility index (Phi) is 5.50. The van der Waals surface area contributed by atoms with Crippen molar-refractivity contribution in [2.45, 2.75) is 6.92 Å². The van der Waals surface area contributed by atoms with Crippen LogP contribution >= 0.6 is 0 Å². The van der Waals surface area contributed by atoms with Crippen LogP contribution in [0, 0.1) is 10.1 Å². The van der Waals surface area contributed by atoms with Gasteiger partial charge in [-0.2, -0.15) is 5.48 Å². The van der Waals surface area contributed by atoms with Crippen LogP contribution < -0.4 is 5.48 Å². The average molecular weight is 202 g/mol. The Balaban J connectivity index is 4.79. The SMILES string of the molecule is C/C=C(\C=C(/[NH2+]OC)N(C)C)[N+](=O)[O-]. The highest BCUT2D eigenvalue weighted by Gasteiger charge is 2.12. The summed E-state index contributed by atoms with van der Waals surface area (Å²) in [6.45, 7) is 1.62. The number of nitro groups is 1. The zero-order chi connectivity index (χ0) is 11.1. The minimum atomic E-state index is -0.438. The van der Waals surface area contributed by atoms with Crippen molar-refractivity contribution in [2.75, 3.05) is 21.2 Å². The third kappa shape index (κ3) is 4.01. The zero-order valence-electron chi connectivity index (χ0n) is 8.85. The van der Waals surface area contributed by atoms with Crippen molar-refractivity contribution >= 4 is 0 Å². The summed E-state index contributed by atoms with van der Waals surface area (Å²) in [6, 6.07) is 0. The Labute approximate surface area is 82.9 Å².